The van der Waals surface area contributed by atoms with Crippen LogP contribution in [0, 0.1) is 0 Å². The first-order valence-electron chi connectivity index (χ1n) is 8.72. The van der Waals surface area contributed by atoms with Crippen molar-refractivity contribution in [2.75, 3.05) is 46.8 Å². The SMILES string of the molecule is CN1CCN(C)[C@H](CC(=O)N2CCC(Oc3ncccn3)CC2)C1. The molecule has 0 bridgehead atoms. The Morgan fingerprint density at radius 1 is 1.17 bits per heavy atom. The fraction of sp³-hybridized carbons (Fsp3) is 0.706. The monoisotopic (exact) mass is 333 g/mol. The quantitative estimate of drug-likeness (QED) is 0.799. The number of likely N-dealkylation sites (N-methyl/N-ethyl adjacent to an activating group) is 2. The third-order valence-electron chi connectivity index (χ3n) is 5.00. The van der Waals surface area contributed by atoms with Gasteiger partial charge < -0.3 is 19.4 Å². The second kappa shape index (κ2) is 7.90. The highest BCUT2D eigenvalue weighted by Crippen LogP contribution is 2.18. The van der Waals surface area contributed by atoms with Gasteiger partial charge in [-0.3, -0.25) is 4.79 Å². The average molecular weight is 333 g/mol. The summed E-state index contributed by atoms with van der Waals surface area (Å²) in [5, 5.41) is 0. The third-order valence-corrected chi connectivity index (χ3v) is 5.00. The van der Waals surface area contributed by atoms with Gasteiger partial charge in [0.2, 0.25) is 5.91 Å². The number of rotatable bonds is 4. The molecule has 24 heavy (non-hydrogen) atoms. The van der Waals surface area contributed by atoms with Gasteiger partial charge in [-0.2, -0.15) is 0 Å². The maximum atomic E-state index is 12.6. The normalized spacial score (nSPS) is 24.1. The lowest BCUT2D eigenvalue weighted by Crippen LogP contribution is -2.52. The summed E-state index contributed by atoms with van der Waals surface area (Å²) in [6.07, 6.45) is 5.74. The molecule has 0 unspecified atom stereocenters. The van der Waals surface area contributed by atoms with Crippen LogP contribution in [0.4, 0.5) is 0 Å². The molecular weight excluding hydrogens is 306 g/mol. The number of piperidine rings is 1. The lowest BCUT2D eigenvalue weighted by molar-refractivity contribution is -0.134. The van der Waals surface area contributed by atoms with E-state index in [0.717, 1.165) is 45.6 Å². The first-order valence-corrected chi connectivity index (χ1v) is 8.72. The fourth-order valence-corrected chi connectivity index (χ4v) is 3.37. The molecule has 132 valence electrons. The molecule has 0 aliphatic carbocycles. The number of ether oxygens (including phenoxy) is 1. The minimum absolute atomic E-state index is 0.0972. The number of amides is 1. The Morgan fingerprint density at radius 3 is 2.58 bits per heavy atom. The third kappa shape index (κ3) is 4.42. The number of piperazine rings is 1. The van der Waals surface area contributed by atoms with E-state index in [4.69, 9.17) is 4.74 Å². The number of aromatic nitrogens is 2. The highest BCUT2D eigenvalue weighted by molar-refractivity contribution is 5.77. The molecule has 0 radical (unpaired) electrons. The molecular formula is C17H27N5O2. The van der Waals surface area contributed by atoms with Crippen LogP contribution in [0.3, 0.4) is 0 Å². The molecule has 1 aromatic heterocycles. The number of likely N-dealkylation sites (tertiary alicyclic amines) is 1. The largest absolute Gasteiger partial charge is 0.460 e. The van der Waals surface area contributed by atoms with Crippen molar-refractivity contribution < 1.29 is 9.53 Å². The van der Waals surface area contributed by atoms with Crippen LogP contribution in [0.5, 0.6) is 6.01 Å². The molecule has 2 aliphatic rings. The summed E-state index contributed by atoms with van der Waals surface area (Å²) in [7, 11) is 4.24. The molecule has 7 heteroatoms. The summed E-state index contributed by atoms with van der Waals surface area (Å²) >= 11 is 0. The number of hydrogen-bond donors (Lipinski definition) is 0. The van der Waals surface area contributed by atoms with Crippen LogP contribution >= 0.6 is 0 Å². The van der Waals surface area contributed by atoms with Gasteiger partial charge in [-0.1, -0.05) is 0 Å². The highest BCUT2D eigenvalue weighted by atomic mass is 16.5. The van der Waals surface area contributed by atoms with Gasteiger partial charge >= 0.3 is 6.01 Å². The van der Waals surface area contributed by atoms with Crippen molar-refractivity contribution in [1.29, 1.82) is 0 Å². The molecule has 1 aromatic rings. The van der Waals surface area contributed by atoms with E-state index in [1.807, 2.05) is 4.90 Å². The lowest BCUT2D eigenvalue weighted by atomic mass is 10.0. The van der Waals surface area contributed by atoms with Gasteiger partial charge in [0.05, 0.1) is 0 Å². The van der Waals surface area contributed by atoms with E-state index in [2.05, 4.69) is 33.9 Å². The Balaban J connectivity index is 1.45. The van der Waals surface area contributed by atoms with E-state index < -0.39 is 0 Å². The predicted molar refractivity (Wildman–Crippen MR) is 90.8 cm³/mol. The summed E-state index contributed by atoms with van der Waals surface area (Å²) in [6.45, 7) is 4.57. The molecule has 1 atom stereocenters. The van der Waals surface area contributed by atoms with E-state index in [1.165, 1.54) is 0 Å². The number of nitrogens with zero attached hydrogens (tertiary/aromatic N) is 5. The minimum Gasteiger partial charge on any atom is -0.460 e. The predicted octanol–water partition coefficient (Wildman–Crippen LogP) is 0.482. The second-order valence-corrected chi connectivity index (χ2v) is 6.83. The fourth-order valence-electron chi connectivity index (χ4n) is 3.37. The van der Waals surface area contributed by atoms with Crippen molar-refractivity contribution in [1.82, 2.24) is 24.7 Å². The molecule has 1 amide bonds. The Morgan fingerprint density at radius 2 is 1.88 bits per heavy atom. The molecule has 0 spiro atoms. The van der Waals surface area contributed by atoms with E-state index in [-0.39, 0.29) is 12.0 Å². The van der Waals surface area contributed by atoms with Crippen molar-refractivity contribution in [3.05, 3.63) is 18.5 Å². The van der Waals surface area contributed by atoms with Crippen molar-refractivity contribution in [2.45, 2.75) is 31.4 Å². The van der Waals surface area contributed by atoms with E-state index in [9.17, 15) is 4.79 Å². The summed E-state index contributed by atoms with van der Waals surface area (Å²) in [5.41, 5.74) is 0. The lowest BCUT2D eigenvalue weighted by Gasteiger charge is -2.39. The Hall–Kier alpha value is -1.73. The summed E-state index contributed by atoms with van der Waals surface area (Å²) in [4.78, 5) is 27.4. The van der Waals surface area contributed by atoms with Gasteiger partial charge in [-0.05, 0) is 20.2 Å². The van der Waals surface area contributed by atoms with Crippen LogP contribution in [-0.2, 0) is 4.79 Å². The van der Waals surface area contributed by atoms with Crippen LogP contribution < -0.4 is 4.74 Å². The summed E-state index contributed by atoms with van der Waals surface area (Å²) in [5.74, 6) is 0.261. The molecule has 0 aromatic carbocycles. The average Bonchev–Trinajstić information content (AvgIpc) is 2.60. The second-order valence-electron chi connectivity index (χ2n) is 6.83. The molecule has 2 fully saturated rings. The van der Waals surface area contributed by atoms with Crippen LogP contribution in [0.2, 0.25) is 0 Å². The molecule has 3 rings (SSSR count). The van der Waals surface area contributed by atoms with Crippen LogP contribution in [0.15, 0.2) is 18.5 Å². The van der Waals surface area contributed by atoms with Gasteiger partial charge in [-0.25, -0.2) is 9.97 Å². The van der Waals surface area contributed by atoms with Gasteiger partial charge in [0.1, 0.15) is 6.10 Å². The van der Waals surface area contributed by atoms with Gasteiger partial charge in [0, 0.05) is 70.4 Å². The van der Waals surface area contributed by atoms with Gasteiger partial charge in [0.15, 0.2) is 0 Å². The zero-order valence-electron chi connectivity index (χ0n) is 14.6. The minimum atomic E-state index is 0.0972. The Labute approximate surface area is 143 Å². The standard InChI is InChI=1S/C17H27N5O2/c1-20-10-11-21(2)14(13-20)12-16(23)22-8-4-15(5-9-22)24-17-18-6-3-7-19-17/h3,6-7,14-15H,4-5,8-13H2,1-2H3/t14-/m1/s1. The van der Waals surface area contributed by atoms with Crippen LogP contribution in [0.25, 0.3) is 0 Å². The van der Waals surface area contributed by atoms with Gasteiger partial charge in [0.25, 0.3) is 0 Å². The summed E-state index contributed by atoms with van der Waals surface area (Å²) < 4.78 is 5.79. The maximum absolute atomic E-state index is 12.6. The van der Waals surface area contributed by atoms with Crippen molar-refractivity contribution in [2.24, 2.45) is 0 Å². The Bertz CT molecular complexity index is 533. The first kappa shape index (κ1) is 17.1. The van der Waals surface area contributed by atoms with E-state index in [1.54, 1.807) is 18.5 Å². The topological polar surface area (TPSA) is 61.8 Å². The molecule has 2 saturated heterocycles. The van der Waals surface area contributed by atoms with E-state index >= 15 is 0 Å². The molecule has 2 aliphatic heterocycles. The molecule has 7 nitrogen and oxygen atoms in total. The van der Waals surface area contributed by atoms with Crippen molar-refractivity contribution >= 4 is 5.91 Å². The zero-order valence-corrected chi connectivity index (χ0v) is 14.6. The molecule has 0 saturated carbocycles. The van der Waals surface area contributed by atoms with Crippen LogP contribution in [-0.4, -0.2) is 89.5 Å². The Kier molecular flexibility index (Phi) is 5.63. The number of carbonyl (C=O) groups is 1. The molecule has 3 heterocycles. The number of hydrogen-bond acceptors (Lipinski definition) is 6. The van der Waals surface area contributed by atoms with Crippen molar-refractivity contribution in [3.63, 3.8) is 0 Å². The van der Waals surface area contributed by atoms with Crippen molar-refractivity contribution in [3.8, 4) is 6.01 Å². The molecule has 0 N–H and O–H groups in total. The smallest absolute Gasteiger partial charge is 0.316 e. The first-order chi connectivity index (χ1) is 11.6. The zero-order chi connectivity index (χ0) is 16.9. The van der Waals surface area contributed by atoms with Gasteiger partial charge in [-0.15, -0.1) is 0 Å². The highest BCUT2D eigenvalue weighted by Gasteiger charge is 2.29. The number of carbonyl (C=O) groups excluding carboxylic acids is 1. The maximum Gasteiger partial charge on any atom is 0.316 e. The van der Waals surface area contributed by atoms with Crippen LogP contribution in [0.1, 0.15) is 19.3 Å². The van der Waals surface area contributed by atoms with E-state index in [0.29, 0.717) is 18.5 Å². The summed E-state index contributed by atoms with van der Waals surface area (Å²) in [6, 6.07) is 2.52.